The van der Waals surface area contributed by atoms with Crippen LogP contribution in [0.1, 0.15) is 39.7 Å². The lowest BCUT2D eigenvalue weighted by atomic mass is 10.0. The molecule has 1 fully saturated rings. The van der Waals surface area contributed by atoms with Crippen molar-refractivity contribution in [3.63, 3.8) is 0 Å². The summed E-state index contributed by atoms with van der Waals surface area (Å²) in [4.78, 5) is 26.8. The Morgan fingerprint density at radius 1 is 1.41 bits per heavy atom. The Labute approximate surface area is 163 Å². The largest absolute Gasteiger partial charge is 0.396 e. The summed E-state index contributed by atoms with van der Waals surface area (Å²) in [5.41, 5.74) is 0.670. The Kier molecular flexibility index (Phi) is 6.82. The Morgan fingerprint density at radius 3 is 2.85 bits per heavy atom. The van der Waals surface area contributed by atoms with Crippen LogP contribution in [0.5, 0.6) is 0 Å². The van der Waals surface area contributed by atoms with E-state index in [1.54, 1.807) is 29.0 Å². The molecule has 1 aliphatic rings. The highest BCUT2D eigenvalue weighted by Gasteiger charge is 2.22. The number of rotatable bonds is 7. The van der Waals surface area contributed by atoms with Gasteiger partial charge >= 0.3 is 0 Å². The maximum Gasteiger partial charge on any atom is 0.263 e. The molecule has 3 N–H and O–H groups in total. The molecule has 27 heavy (non-hydrogen) atoms. The first-order valence-electron chi connectivity index (χ1n) is 9.44. The van der Waals surface area contributed by atoms with Gasteiger partial charge in [0.05, 0.1) is 0 Å². The first kappa shape index (κ1) is 19.8. The topological polar surface area (TPSA) is 83.4 Å². The van der Waals surface area contributed by atoms with Crippen molar-refractivity contribution >= 4 is 17.2 Å². The molecular formula is C20H27N3O3S. The maximum absolute atomic E-state index is 12.9. The molecule has 1 unspecified atom stereocenters. The van der Waals surface area contributed by atoms with Crippen molar-refractivity contribution in [3.05, 3.63) is 56.1 Å². The van der Waals surface area contributed by atoms with Crippen molar-refractivity contribution in [2.45, 2.75) is 32.2 Å². The third kappa shape index (κ3) is 4.86. The molecule has 1 amide bonds. The van der Waals surface area contributed by atoms with Gasteiger partial charge < -0.3 is 20.3 Å². The number of nitrogens with one attached hydrogen (secondary N) is 2. The summed E-state index contributed by atoms with van der Waals surface area (Å²) in [6.45, 7) is 3.89. The van der Waals surface area contributed by atoms with Gasteiger partial charge in [0.15, 0.2) is 0 Å². The average Bonchev–Trinajstić information content (AvgIpc) is 3.19. The van der Waals surface area contributed by atoms with E-state index < -0.39 is 0 Å². The lowest BCUT2D eigenvalue weighted by Gasteiger charge is -2.25. The standard InChI is InChI=1S/C20H27N3O3S/c1-14-6-9-23(16-4-7-21-8-5-16)20(26)18(14)19(25)22-12-15(13-24)11-17-3-2-10-27-17/h2-3,6,9-10,15-16,21,24H,4-5,7-8,11-13H2,1H3,(H,22,25). The van der Waals surface area contributed by atoms with Gasteiger partial charge in [-0.25, -0.2) is 0 Å². The molecular weight excluding hydrogens is 362 g/mol. The highest BCUT2D eigenvalue weighted by Crippen LogP contribution is 2.17. The second-order valence-corrected chi connectivity index (χ2v) is 8.14. The van der Waals surface area contributed by atoms with Gasteiger partial charge in [0.1, 0.15) is 5.56 Å². The van der Waals surface area contributed by atoms with E-state index in [-0.39, 0.29) is 35.6 Å². The lowest BCUT2D eigenvalue weighted by Crippen LogP contribution is -2.40. The number of aromatic nitrogens is 1. The van der Waals surface area contributed by atoms with E-state index in [1.165, 1.54) is 4.88 Å². The van der Waals surface area contributed by atoms with Gasteiger partial charge in [-0.3, -0.25) is 9.59 Å². The summed E-state index contributed by atoms with van der Waals surface area (Å²) in [5.74, 6) is -0.423. The van der Waals surface area contributed by atoms with Crippen LogP contribution in [0.25, 0.3) is 0 Å². The molecule has 7 heteroatoms. The van der Waals surface area contributed by atoms with Gasteiger partial charge in [0.2, 0.25) is 0 Å². The normalized spacial score (nSPS) is 16.2. The van der Waals surface area contributed by atoms with Gasteiger partial charge in [0.25, 0.3) is 11.5 Å². The van der Waals surface area contributed by atoms with E-state index in [1.807, 2.05) is 23.6 Å². The van der Waals surface area contributed by atoms with Gasteiger partial charge in [-0.05, 0) is 62.4 Å². The third-order valence-corrected chi connectivity index (χ3v) is 6.04. The van der Waals surface area contributed by atoms with Crippen LogP contribution >= 0.6 is 11.3 Å². The Bertz CT molecular complexity index is 810. The molecule has 1 aliphatic heterocycles. The number of carbonyl (C=O) groups excluding carboxylic acids is 1. The van der Waals surface area contributed by atoms with Gasteiger partial charge in [0, 0.05) is 36.2 Å². The van der Waals surface area contributed by atoms with E-state index in [2.05, 4.69) is 10.6 Å². The maximum atomic E-state index is 12.9. The van der Waals surface area contributed by atoms with Gasteiger partial charge in [-0.1, -0.05) is 6.07 Å². The van der Waals surface area contributed by atoms with Gasteiger partial charge in [-0.15, -0.1) is 11.3 Å². The number of hydrogen-bond acceptors (Lipinski definition) is 5. The molecule has 2 aromatic heterocycles. The van der Waals surface area contributed by atoms with Crippen LogP contribution in [-0.4, -0.2) is 41.8 Å². The second-order valence-electron chi connectivity index (χ2n) is 7.11. The minimum absolute atomic E-state index is 0.00867. The zero-order valence-corrected chi connectivity index (χ0v) is 16.4. The average molecular weight is 390 g/mol. The Balaban J connectivity index is 1.70. The van der Waals surface area contributed by atoms with Gasteiger partial charge in [-0.2, -0.15) is 0 Å². The lowest BCUT2D eigenvalue weighted by molar-refractivity contribution is 0.0937. The van der Waals surface area contributed by atoms with E-state index in [4.69, 9.17) is 0 Å². The van der Waals surface area contributed by atoms with Crippen molar-refractivity contribution in [1.82, 2.24) is 15.2 Å². The number of hydrogen-bond donors (Lipinski definition) is 3. The second kappa shape index (κ2) is 9.30. The molecule has 0 bridgehead atoms. The van der Waals surface area contributed by atoms with Crippen LogP contribution in [0.2, 0.25) is 0 Å². The molecule has 0 saturated carbocycles. The van der Waals surface area contributed by atoms with E-state index in [9.17, 15) is 14.7 Å². The molecule has 1 saturated heterocycles. The number of aliphatic hydroxyl groups is 1. The summed E-state index contributed by atoms with van der Waals surface area (Å²) in [6, 6.07) is 5.97. The van der Waals surface area contributed by atoms with E-state index in [0.29, 0.717) is 18.5 Å². The first-order chi connectivity index (χ1) is 13.1. The highest BCUT2D eigenvalue weighted by atomic mass is 32.1. The summed E-state index contributed by atoms with van der Waals surface area (Å²) >= 11 is 1.64. The molecule has 3 rings (SSSR count). The minimum atomic E-state index is -0.356. The van der Waals surface area contributed by atoms with Crippen LogP contribution in [0, 0.1) is 12.8 Å². The molecule has 1 atom stereocenters. The summed E-state index contributed by atoms with van der Waals surface area (Å²) in [7, 11) is 0. The summed E-state index contributed by atoms with van der Waals surface area (Å²) < 4.78 is 1.71. The SMILES string of the molecule is Cc1ccn(C2CCNCC2)c(=O)c1C(=O)NCC(CO)Cc1cccs1. The van der Waals surface area contributed by atoms with Crippen molar-refractivity contribution in [2.75, 3.05) is 26.2 Å². The number of amides is 1. The fraction of sp³-hybridized carbons (Fsp3) is 0.500. The Hall–Kier alpha value is -1.96. The van der Waals surface area contributed by atoms with Crippen LogP contribution in [0.3, 0.4) is 0 Å². The molecule has 0 spiro atoms. The van der Waals surface area contributed by atoms with Crippen molar-refractivity contribution in [1.29, 1.82) is 0 Å². The number of carbonyl (C=O) groups is 1. The van der Waals surface area contributed by atoms with E-state index in [0.717, 1.165) is 25.9 Å². The van der Waals surface area contributed by atoms with Crippen LogP contribution in [-0.2, 0) is 6.42 Å². The zero-order chi connectivity index (χ0) is 19.2. The predicted molar refractivity (Wildman–Crippen MR) is 108 cm³/mol. The number of aryl methyl sites for hydroxylation is 1. The first-order valence-corrected chi connectivity index (χ1v) is 10.3. The summed E-state index contributed by atoms with van der Waals surface area (Å²) in [6.07, 6.45) is 4.29. The number of pyridine rings is 1. The Morgan fingerprint density at radius 2 is 2.19 bits per heavy atom. The molecule has 146 valence electrons. The number of nitrogens with zero attached hydrogens (tertiary/aromatic N) is 1. The monoisotopic (exact) mass is 389 g/mol. The molecule has 6 nitrogen and oxygen atoms in total. The van der Waals surface area contributed by atoms with Crippen LogP contribution in [0.4, 0.5) is 0 Å². The zero-order valence-electron chi connectivity index (χ0n) is 15.6. The minimum Gasteiger partial charge on any atom is -0.396 e. The van der Waals surface area contributed by atoms with Crippen molar-refractivity contribution in [2.24, 2.45) is 5.92 Å². The van der Waals surface area contributed by atoms with Crippen molar-refractivity contribution < 1.29 is 9.90 Å². The molecule has 0 aliphatic carbocycles. The summed E-state index contributed by atoms with van der Waals surface area (Å²) in [5, 5.41) is 17.8. The molecule has 3 heterocycles. The quantitative estimate of drug-likeness (QED) is 0.673. The molecule has 0 radical (unpaired) electrons. The predicted octanol–water partition coefficient (Wildman–Crippen LogP) is 1.72. The van der Waals surface area contributed by atoms with E-state index >= 15 is 0 Å². The number of thiophene rings is 1. The fourth-order valence-corrected chi connectivity index (χ4v) is 4.35. The van der Waals surface area contributed by atoms with Crippen LogP contribution in [0.15, 0.2) is 34.6 Å². The smallest absolute Gasteiger partial charge is 0.263 e. The number of aliphatic hydroxyl groups excluding tert-OH is 1. The molecule has 2 aromatic rings. The van der Waals surface area contributed by atoms with Crippen LogP contribution < -0.4 is 16.2 Å². The molecule has 0 aromatic carbocycles. The highest BCUT2D eigenvalue weighted by molar-refractivity contribution is 7.09. The van der Waals surface area contributed by atoms with Crippen molar-refractivity contribution in [3.8, 4) is 0 Å². The fourth-order valence-electron chi connectivity index (χ4n) is 3.53. The third-order valence-electron chi connectivity index (χ3n) is 5.14. The number of piperidine rings is 1.